The fourth-order valence-electron chi connectivity index (χ4n) is 0.343. The summed E-state index contributed by atoms with van der Waals surface area (Å²) in [6.45, 7) is 12.2. The van der Waals surface area contributed by atoms with E-state index in [9.17, 15) is 5.11 Å². The van der Waals surface area contributed by atoms with Gasteiger partial charge in [0.2, 0.25) is 6.54 Å². The number of hydrogen-bond donors (Lipinski definition) is 1. The Morgan fingerprint density at radius 1 is 1.67 bits per heavy atom. The van der Waals surface area contributed by atoms with Crippen molar-refractivity contribution in [1.29, 1.82) is 0 Å². The fraction of sp³-hybridized carbons (Fsp3) is 0.857. The van der Waals surface area contributed by atoms with Gasteiger partial charge in [-0.2, -0.15) is 0 Å². The second kappa shape index (κ2) is 2.84. The minimum atomic E-state index is -0.804. The van der Waals surface area contributed by atoms with Gasteiger partial charge in [-0.3, -0.25) is 0 Å². The molecule has 0 heterocycles. The Hall–Kier alpha value is -0.550. The van der Waals surface area contributed by atoms with E-state index in [2.05, 4.69) is 4.85 Å². The maximum absolute atomic E-state index is 9.38. The molecule has 0 saturated heterocycles. The van der Waals surface area contributed by atoms with Crippen LogP contribution >= 0.6 is 0 Å². The topological polar surface area (TPSA) is 24.6 Å². The zero-order valence-electron chi connectivity index (χ0n) is 6.18. The Morgan fingerprint density at radius 3 is 2.22 bits per heavy atom. The van der Waals surface area contributed by atoms with Crippen molar-refractivity contribution in [3.05, 3.63) is 11.4 Å². The predicted octanol–water partition coefficient (Wildman–Crippen LogP) is 1.31. The molecule has 52 valence electrons. The molecule has 0 aliphatic heterocycles. The van der Waals surface area contributed by atoms with Crippen molar-refractivity contribution in [3.8, 4) is 0 Å². The number of hydrogen-bond acceptors (Lipinski definition) is 1. The lowest BCUT2D eigenvalue weighted by atomic mass is 9.93. The van der Waals surface area contributed by atoms with Crippen molar-refractivity contribution in [2.24, 2.45) is 5.92 Å². The Balaban J connectivity index is 3.89. The van der Waals surface area contributed by atoms with E-state index >= 15 is 0 Å². The Morgan fingerprint density at radius 2 is 2.11 bits per heavy atom. The van der Waals surface area contributed by atoms with Gasteiger partial charge in [-0.05, 0) is 12.8 Å². The lowest BCUT2D eigenvalue weighted by Gasteiger charge is -2.20. The summed E-state index contributed by atoms with van der Waals surface area (Å²) in [5.74, 6) is 0.159. The van der Waals surface area contributed by atoms with Gasteiger partial charge in [-0.1, -0.05) is 13.8 Å². The molecule has 0 amide bonds. The zero-order valence-corrected chi connectivity index (χ0v) is 6.18. The molecule has 0 aliphatic rings. The summed E-state index contributed by atoms with van der Waals surface area (Å²) < 4.78 is 0. The standard InChI is InChI=1S/C7H13NO/c1-6(2)7(3,9)5-8-4/h6,9H,5H2,1-3H3. The number of aliphatic hydroxyl groups is 1. The Labute approximate surface area is 56.3 Å². The highest BCUT2D eigenvalue weighted by molar-refractivity contribution is 4.84. The van der Waals surface area contributed by atoms with Crippen LogP contribution in [0.15, 0.2) is 0 Å². The minimum absolute atomic E-state index is 0.159. The third kappa shape index (κ3) is 2.48. The Bertz CT molecular complexity index is 121. The SMILES string of the molecule is [C-]#[N+]CC(C)(O)C(C)C. The molecule has 0 rings (SSSR count). The van der Waals surface area contributed by atoms with Gasteiger partial charge in [0.1, 0.15) is 5.60 Å². The van der Waals surface area contributed by atoms with E-state index in [1.165, 1.54) is 0 Å². The fourth-order valence-corrected chi connectivity index (χ4v) is 0.343. The van der Waals surface area contributed by atoms with E-state index in [1.807, 2.05) is 13.8 Å². The van der Waals surface area contributed by atoms with Crippen molar-refractivity contribution in [2.75, 3.05) is 6.54 Å². The van der Waals surface area contributed by atoms with Gasteiger partial charge in [0.25, 0.3) is 0 Å². The summed E-state index contributed by atoms with van der Waals surface area (Å²) in [6, 6.07) is 0. The predicted molar refractivity (Wildman–Crippen MR) is 36.9 cm³/mol. The highest BCUT2D eigenvalue weighted by atomic mass is 16.3. The molecule has 0 aromatic rings. The summed E-state index contributed by atoms with van der Waals surface area (Å²) in [7, 11) is 0. The minimum Gasteiger partial charge on any atom is -0.382 e. The molecule has 0 radical (unpaired) electrons. The zero-order chi connectivity index (χ0) is 7.49. The number of nitrogens with zero attached hydrogens (tertiary/aromatic N) is 1. The van der Waals surface area contributed by atoms with Gasteiger partial charge in [-0.15, -0.1) is 0 Å². The first-order valence-electron chi connectivity index (χ1n) is 3.06. The molecule has 1 atom stereocenters. The highest BCUT2D eigenvalue weighted by Crippen LogP contribution is 2.15. The smallest absolute Gasteiger partial charge is 0.242 e. The molecule has 0 bridgehead atoms. The molecule has 2 heteroatoms. The van der Waals surface area contributed by atoms with E-state index < -0.39 is 5.60 Å². The molecular weight excluding hydrogens is 114 g/mol. The number of rotatable bonds is 2. The van der Waals surface area contributed by atoms with Gasteiger partial charge in [0.15, 0.2) is 0 Å². The Kier molecular flexibility index (Phi) is 2.66. The van der Waals surface area contributed by atoms with E-state index in [0.29, 0.717) is 0 Å². The molecule has 1 unspecified atom stereocenters. The van der Waals surface area contributed by atoms with Crippen LogP contribution < -0.4 is 0 Å². The molecule has 9 heavy (non-hydrogen) atoms. The van der Waals surface area contributed by atoms with Gasteiger partial charge >= 0.3 is 0 Å². The highest BCUT2D eigenvalue weighted by Gasteiger charge is 2.27. The average Bonchev–Trinajstić information content (AvgIpc) is 1.65. The van der Waals surface area contributed by atoms with Crippen LogP contribution in [0.4, 0.5) is 0 Å². The van der Waals surface area contributed by atoms with Crippen LogP contribution in [0.5, 0.6) is 0 Å². The summed E-state index contributed by atoms with van der Waals surface area (Å²) in [5, 5.41) is 9.38. The van der Waals surface area contributed by atoms with E-state index in [-0.39, 0.29) is 12.5 Å². The van der Waals surface area contributed by atoms with Crippen LogP contribution in [-0.2, 0) is 0 Å². The van der Waals surface area contributed by atoms with Gasteiger partial charge in [-0.25, -0.2) is 6.57 Å². The summed E-state index contributed by atoms with van der Waals surface area (Å²) >= 11 is 0. The molecule has 0 aliphatic carbocycles. The van der Waals surface area contributed by atoms with Crippen LogP contribution in [0.1, 0.15) is 20.8 Å². The normalized spacial score (nSPS) is 16.9. The van der Waals surface area contributed by atoms with Crippen molar-refractivity contribution >= 4 is 0 Å². The van der Waals surface area contributed by atoms with Crippen molar-refractivity contribution in [3.63, 3.8) is 0 Å². The first kappa shape index (κ1) is 8.45. The maximum Gasteiger partial charge on any atom is 0.242 e. The summed E-state index contributed by atoms with van der Waals surface area (Å²) in [6.07, 6.45) is 0. The first-order chi connectivity index (χ1) is 4.00. The molecule has 0 spiro atoms. The third-order valence-corrected chi connectivity index (χ3v) is 1.64. The molecule has 0 fully saturated rings. The van der Waals surface area contributed by atoms with E-state index in [0.717, 1.165) is 0 Å². The summed E-state index contributed by atoms with van der Waals surface area (Å²) in [5.41, 5.74) is -0.804. The van der Waals surface area contributed by atoms with Gasteiger partial charge in [0.05, 0.1) is 0 Å². The van der Waals surface area contributed by atoms with Crippen molar-refractivity contribution in [1.82, 2.24) is 0 Å². The first-order valence-corrected chi connectivity index (χ1v) is 3.06. The molecule has 0 aromatic carbocycles. The van der Waals surface area contributed by atoms with Crippen LogP contribution in [0.3, 0.4) is 0 Å². The molecular formula is C7H13NO. The van der Waals surface area contributed by atoms with Crippen LogP contribution in [-0.4, -0.2) is 17.3 Å². The molecule has 0 aromatic heterocycles. The summed E-state index contributed by atoms with van der Waals surface area (Å²) in [4.78, 5) is 3.13. The maximum atomic E-state index is 9.38. The van der Waals surface area contributed by atoms with Crippen LogP contribution in [0, 0.1) is 12.5 Å². The van der Waals surface area contributed by atoms with Gasteiger partial charge < -0.3 is 9.95 Å². The van der Waals surface area contributed by atoms with Crippen molar-refractivity contribution in [2.45, 2.75) is 26.4 Å². The van der Waals surface area contributed by atoms with Crippen LogP contribution in [0.2, 0.25) is 0 Å². The van der Waals surface area contributed by atoms with E-state index in [4.69, 9.17) is 6.57 Å². The molecule has 0 saturated carbocycles. The van der Waals surface area contributed by atoms with Gasteiger partial charge in [0, 0.05) is 0 Å². The van der Waals surface area contributed by atoms with E-state index in [1.54, 1.807) is 6.92 Å². The third-order valence-electron chi connectivity index (χ3n) is 1.64. The monoisotopic (exact) mass is 127 g/mol. The lowest BCUT2D eigenvalue weighted by molar-refractivity contribution is 0.0297. The van der Waals surface area contributed by atoms with Crippen molar-refractivity contribution < 1.29 is 5.11 Å². The van der Waals surface area contributed by atoms with Crippen LogP contribution in [0.25, 0.3) is 4.85 Å². The largest absolute Gasteiger partial charge is 0.382 e. The molecule has 2 nitrogen and oxygen atoms in total. The quantitative estimate of drug-likeness (QED) is 0.556. The molecule has 1 N–H and O–H groups in total. The second-order valence-electron chi connectivity index (χ2n) is 2.83. The second-order valence-corrected chi connectivity index (χ2v) is 2.83. The average molecular weight is 127 g/mol. The lowest BCUT2D eigenvalue weighted by Crippen LogP contribution is -2.33.